The third kappa shape index (κ3) is 2.33. The van der Waals surface area contributed by atoms with Gasteiger partial charge in [-0.15, -0.1) is 0 Å². The van der Waals surface area contributed by atoms with Crippen molar-refractivity contribution in [3.05, 3.63) is 86.7 Å². The van der Waals surface area contributed by atoms with Gasteiger partial charge in [-0.1, -0.05) is 72.8 Å². The zero-order valence-corrected chi connectivity index (χ0v) is 17.2. The zero-order valence-electron chi connectivity index (χ0n) is 16.2. The molecule has 0 aliphatic heterocycles. The van der Waals surface area contributed by atoms with Crippen LogP contribution in [0.4, 0.5) is 0 Å². The molecule has 0 saturated carbocycles. The third-order valence-electron chi connectivity index (χ3n) is 6.97. The Bertz CT molecular complexity index is 946. The van der Waals surface area contributed by atoms with Crippen molar-refractivity contribution in [1.29, 1.82) is 0 Å². The van der Waals surface area contributed by atoms with Gasteiger partial charge in [-0.05, 0) is 72.1 Å². The largest absolute Gasteiger partial charge is 0.0931 e. The first-order chi connectivity index (χ1) is 12.6. The van der Waals surface area contributed by atoms with E-state index in [1.54, 1.807) is 38.6 Å². The molecule has 1 unspecified atom stereocenters. The van der Waals surface area contributed by atoms with Gasteiger partial charge in [0, 0.05) is 5.54 Å². The lowest BCUT2D eigenvalue weighted by Gasteiger charge is -2.35. The Labute approximate surface area is 158 Å². The molecule has 1 aromatic carbocycles. The number of hydrogen-bond donors (Lipinski definition) is 0. The quantitative estimate of drug-likeness (QED) is 0.498. The summed E-state index contributed by atoms with van der Waals surface area (Å²) in [6.45, 7) is 7.54. The van der Waals surface area contributed by atoms with Crippen LogP contribution in [-0.2, 0) is 0 Å². The maximum Gasteiger partial charge on any atom is 0.0931 e. The summed E-state index contributed by atoms with van der Waals surface area (Å²) in [4.78, 5) is 0. The number of benzene rings is 1. The average Bonchev–Trinajstić information content (AvgIpc) is 3.20. The standard InChI is InChI=1S/C25H28Si/c1-17-14-21-15-19-9-4-5-10-20(19)16-23(21)25(17)26(2,3)24-13-12-18-8-6-7-11-22(18)24/h6-8,11-14,16,24H,4-5,9-10,15H2,1-3H3. The van der Waals surface area contributed by atoms with E-state index in [1.165, 1.54) is 37.7 Å². The Morgan fingerprint density at radius 3 is 2.69 bits per heavy atom. The lowest BCUT2D eigenvalue weighted by Crippen LogP contribution is -2.37. The highest BCUT2D eigenvalue weighted by Crippen LogP contribution is 2.50. The summed E-state index contributed by atoms with van der Waals surface area (Å²) in [5, 5.41) is 1.72. The third-order valence-corrected chi connectivity index (χ3v) is 11.0. The summed E-state index contributed by atoms with van der Waals surface area (Å²) in [6.07, 6.45) is 16.5. The fourth-order valence-electron chi connectivity index (χ4n) is 5.76. The van der Waals surface area contributed by atoms with Crippen LogP contribution in [0.1, 0.15) is 55.7 Å². The second-order valence-electron chi connectivity index (χ2n) is 8.99. The molecule has 0 saturated heterocycles. The molecule has 0 amide bonds. The number of allylic oxidation sites excluding steroid dienone is 9. The molecule has 1 heteroatoms. The molecule has 0 nitrogen and oxygen atoms in total. The summed E-state index contributed by atoms with van der Waals surface area (Å²) in [5.74, 6) is 0. The number of rotatable bonds is 2. The zero-order chi connectivity index (χ0) is 17.9. The van der Waals surface area contributed by atoms with Gasteiger partial charge in [-0.25, -0.2) is 0 Å². The molecule has 0 aromatic heterocycles. The monoisotopic (exact) mass is 356 g/mol. The summed E-state index contributed by atoms with van der Waals surface area (Å²) >= 11 is 0. The minimum absolute atomic E-state index is 0.596. The molecule has 0 spiro atoms. The van der Waals surface area contributed by atoms with Crippen molar-refractivity contribution in [2.24, 2.45) is 0 Å². The molecule has 26 heavy (non-hydrogen) atoms. The van der Waals surface area contributed by atoms with Crippen molar-refractivity contribution >= 4 is 14.1 Å². The van der Waals surface area contributed by atoms with Crippen molar-refractivity contribution in [2.45, 2.75) is 57.7 Å². The normalized spacial score (nSPS) is 24.3. The highest BCUT2D eigenvalue weighted by atomic mass is 28.3. The van der Waals surface area contributed by atoms with Gasteiger partial charge >= 0.3 is 0 Å². The lowest BCUT2D eigenvalue weighted by atomic mass is 9.82. The summed E-state index contributed by atoms with van der Waals surface area (Å²) in [6, 6.07) is 9.00. The van der Waals surface area contributed by atoms with E-state index in [0.717, 1.165) is 0 Å². The van der Waals surface area contributed by atoms with E-state index in [0.29, 0.717) is 5.54 Å². The van der Waals surface area contributed by atoms with E-state index in [1.807, 2.05) is 0 Å². The molecule has 4 aliphatic carbocycles. The van der Waals surface area contributed by atoms with E-state index < -0.39 is 8.07 Å². The van der Waals surface area contributed by atoms with Crippen LogP contribution in [0, 0.1) is 0 Å². The van der Waals surface area contributed by atoms with Crippen LogP contribution in [0.3, 0.4) is 0 Å². The first kappa shape index (κ1) is 16.3. The average molecular weight is 357 g/mol. The molecular formula is C25H28Si. The molecule has 0 heterocycles. The SMILES string of the molecule is CC1=C([Si](C)(C)C2C=Cc3ccccc32)C2=CC3=C(CCCC3)CC2=C1. The van der Waals surface area contributed by atoms with Crippen LogP contribution in [0.15, 0.2) is 75.6 Å². The van der Waals surface area contributed by atoms with Crippen LogP contribution in [0.5, 0.6) is 0 Å². The minimum atomic E-state index is -1.67. The predicted molar refractivity (Wildman–Crippen MR) is 115 cm³/mol. The second kappa shape index (κ2) is 5.82. The van der Waals surface area contributed by atoms with Crippen LogP contribution < -0.4 is 0 Å². The molecule has 5 rings (SSSR count). The molecule has 1 atom stereocenters. The van der Waals surface area contributed by atoms with Crippen molar-refractivity contribution in [3.8, 4) is 0 Å². The van der Waals surface area contributed by atoms with Crippen molar-refractivity contribution in [1.82, 2.24) is 0 Å². The van der Waals surface area contributed by atoms with Gasteiger partial charge < -0.3 is 0 Å². The Morgan fingerprint density at radius 1 is 1.00 bits per heavy atom. The molecule has 0 N–H and O–H groups in total. The number of fused-ring (bicyclic) bond motifs is 2. The molecule has 0 radical (unpaired) electrons. The molecule has 132 valence electrons. The minimum Gasteiger partial charge on any atom is -0.0787 e. The summed E-state index contributed by atoms with van der Waals surface area (Å²) < 4.78 is 0. The Kier molecular flexibility index (Phi) is 3.65. The van der Waals surface area contributed by atoms with Crippen LogP contribution >= 0.6 is 0 Å². The molecular weight excluding hydrogens is 328 g/mol. The van der Waals surface area contributed by atoms with Crippen LogP contribution in [0.25, 0.3) is 6.08 Å². The Morgan fingerprint density at radius 2 is 1.81 bits per heavy atom. The van der Waals surface area contributed by atoms with E-state index in [9.17, 15) is 0 Å². The summed E-state index contributed by atoms with van der Waals surface area (Å²) in [7, 11) is -1.67. The van der Waals surface area contributed by atoms with Crippen LogP contribution in [-0.4, -0.2) is 8.07 Å². The van der Waals surface area contributed by atoms with Crippen molar-refractivity contribution < 1.29 is 0 Å². The van der Waals surface area contributed by atoms with E-state index in [-0.39, 0.29) is 0 Å². The number of hydrogen-bond acceptors (Lipinski definition) is 0. The molecule has 0 fully saturated rings. The lowest BCUT2D eigenvalue weighted by molar-refractivity contribution is 0.665. The Balaban J connectivity index is 1.58. The summed E-state index contributed by atoms with van der Waals surface area (Å²) in [5.41, 5.74) is 11.7. The van der Waals surface area contributed by atoms with Gasteiger partial charge in [0.2, 0.25) is 0 Å². The van der Waals surface area contributed by atoms with Crippen molar-refractivity contribution in [3.63, 3.8) is 0 Å². The maximum atomic E-state index is 2.59. The van der Waals surface area contributed by atoms with E-state index in [2.05, 4.69) is 68.6 Å². The maximum absolute atomic E-state index is 2.59. The van der Waals surface area contributed by atoms with Crippen LogP contribution in [0.2, 0.25) is 13.1 Å². The first-order valence-corrected chi connectivity index (χ1v) is 13.3. The van der Waals surface area contributed by atoms with Gasteiger partial charge in [0.05, 0.1) is 8.07 Å². The highest BCUT2D eigenvalue weighted by molar-refractivity contribution is 6.87. The fourth-order valence-corrected chi connectivity index (χ4v) is 9.70. The van der Waals surface area contributed by atoms with Gasteiger partial charge in [-0.3, -0.25) is 0 Å². The second-order valence-corrected chi connectivity index (χ2v) is 13.6. The van der Waals surface area contributed by atoms with Gasteiger partial charge in [0.15, 0.2) is 0 Å². The Hall–Kier alpha value is -1.86. The van der Waals surface area contributed by atoms with E-state index >= 15 is 0 Å². The highest BCUT2D eigenvalue weighted by Gasteiger charge is 2.42. The van der Waals surface area contributed by atoms with E-state index in [4.69, 9.17) is 0 Å². The van der Waals surface area contributed by atoms with Crippen molar-refractivity contribution in [2.75, 3.05) is 0 Å². The smallest absolute Gasteiger partial charge is 0.0787 e. The predicted octanol–water partition coefficient (Wildman–Crippen LogP) is 7.04. The molecule has 1 aromatic rings. The molecule has 4 aliphatic rings. The fraction of sp³-hybridized carbons (Fsp3) is 0.360. The van der Waals surface area contributed by atoms with Gasteiger partial charge in [0.25, 0.3) is 0 Å². The first-order valence-electron chi connectivity index (χ1n) is 10.2. The topological polar surface area (TPSA) is 0 Å². The molecule has 0 bridgehead atoms. The van der Waals surface area contributed by atoms with Gasteiger partial charge in [-0.2, -0.15) is 0 Å². The van der Waals surface area contributed by atoms with Gasteiger partial charge in [0.1, 0.15) is 0 Å².